The zero-order valence-corrected chi connectivity index (χ0v) is 12.2. The minimum Gasteiger partial charge on any atom is -0.381 e. The first-order chi connectivity index (χ1) is 9.40. The SMILES string of the molecule is CCCC[C@H]1Nc2ccccc2[C@H]1C1CCCCC1. The van der Waals surface area contributed by atoms with E-state index in [0.29, 0.717) is 6.04 Å². The Morgan fingerprint density at radius 3 is 2.68 bits per heavy atom. The summed E-state index contributed by atoms with van der Waals surface area (Å²) >= 11 is 0. The lowest BCUT2D eigenvalue weighted by atomic mass is 9.74. The Bertz CT molecular complexity index is 406. The minimum absolute atomic E-state index is 0.695. The Morgan fingerprint density at radius 2 is 1.89 bits per heavy atom. The molecule has 0 radical (unpaired) electrons. The molecule has 1 aliphatic carbocycles. The number of para-hydroxylation sites is 1. The molecule has 1 aliphatic heterocycles. The van der Waals surface area contributed by atoms with Gasteiger partial charge >= 0.3 is 0 Å². The first kappa shape index (κ1) is 13.0. The van der Waals surface area contributed by atoms with E-state index in [1.165, 1.54) is 57.1 Å². The van der Waals surface area contributed by atoms with Crippen LogP contribution in [-0.4, -0.2) is 6.04 Å². The van der Waals surface area contributed by atoms with E-state index in [0.717, 1.165) is 11.8 Å². The number of fused-ring (bicyclic) bond motifs is 1. The maximum atomic E-state index is 3.82. The highest BCUT2D eigenvalue weighted by Crippen LogP contribution is 2.46. The first-order valence-corrected chi connectivity index (χ1v) is 8.25. The number of anilines is 1. The van der Waals surface area contributed by atoms with E-state index < -0.39 is 0 Å². The summed E-state index contributed by atoms with van der Waals surface area (Å²) in [4.78, 5) is 0. The zero-order chi connectivity index (χ0) is 13.1. The van der Waals surface area contributed by atoms with Crippen LogP contribution in [0.15, 0.2) is 24.3 Å². The average Bonchev–Trinajstić information content (AvgIpc) is 2.84. The Hall–Kier alpha value is -0.980. The molecule has 0 aromatic heterocycles. The number of rotatable bonds is 4. The van der Waals surface area contributed by atoms with Gasteiger partial charge in [-0.1, -0.05) is 57.2 Å². The van der Waals surface area contributed by atoms with Crippen molar-refractivity contribution in [3.05, 3.63) is 29.8 Å². The van der Waals surface area contributed by atoms with Gasteiger partial charge < -0.3 is 5.32 Å². The zero-order valence-electron chi connectivity index (χ0n) is 12.2. The Morgan fingerprint density at radius 1 is 1.11 bits per heavy atom. The predicted octanol–water partition coefficient (Wildman–Crippen LogP) is 5.33. The Kier molecular flexibility index (Phi) is 4.10. The van der Waals surface area contributed by atoms with E-state index in [-0.39, 0.29) is 0 Å². The van der Waals surface area contributed by atoms with Crippen LogP contribution in [0.3, 0.4) is 0 Å². The van der Waals surface area contributed by atoms with Crippen LogP contribution in [0, 0.1) is 5.92 Å². The molecule has 0 unspecified atom stereocenters. The molecular weight excluding hydrogens is 230 g/mol. The van der Waals surface area contributed by atoms with Crippen LogP contribution >= 0.6 is 0 Å². The molecule has 0 amide bonds. The number of benzene rings is 1. The van der Waals surface area contributed by atoms with Gasteiger partial charge in [0, 0.05) is 17.6 Å². The topological polar surface area (TPSA) is 12.0 Å². The van der Waals surface area contributed by atoms with Crippen molar-refractivity contribution < 1.29 is 0 Å². The number of nitrogens with one attached hydrogen (secondary N) is 1. The molecule has 0 spiro atoms. The molecule has 104 valence electrons. The molecule has 2 aliphatic rings. The summed E-state index contributed by atoms with van der Waals surface area (Å²) in [6.07, 6.45) is 11.3. The molecule has 1 fully saturated rings. The Labute approximate surface area is 117 Å². The van der Waals surface area contributed by atoms with Gasteiger partial charge in [0.2, 0.25) is 0 Å². The van der Waals surface area contributed by atoms with Crippen molar-refractivity contribution in [1.82, 2.24) is 0 Å². The second-order valence-corrected chi connectivity index (χ2v) is 6.40. The fourth-order valence-corrected chi connectivity index (χ4v) is 4.18. The normalized spacial score (nSPS) is 27.0. The van der Waals surface area contributed by atoms with Crippen LogP contribution < -0.4 is 5.32 Å². The van der Waals surface area contributed by atoms with Crippen molar-refractivity contribution in [3.63, 3.8) is 0 Å². The van der Waals surface area contributed by atoms with Crippen LogP contribution in [0.4, 0.5) is 5.69 Å². The van der Waals surface area contributed by atoms with Crippen LogP contribution in [0.1, 0.15) is 69.8 Å². The molecule has 1 heterocycles. The van der Waals surface area contributed by atoms with E-state index in [4.69, 9.17) is 0 Å². The van der Waals surface area contributed by atoms with Crippen LogP contribution in [0.2, 0.25) is 0 Å². The lowest BCUT2D eigenvalue weighted by molar-refractivity contribution is 0.284. The van der Waals surface area contributed by atoms with Gasteiger partial charge in [-0.3, -0.25) is 0 Å². The Balaban J connectivity index is 1.82. The van der Waals surface area contributed by atoms with Crippen molar-refractivity contribution in [2.45, 2.75) is 70.3 Å². The summed E-state index contributed by atoms with van der Waals surface area (Å²) in [5, 5.41) is 3.82. The molecule has 1 saturated carbocycles. The summed E-state index contributed by atoms with van der Waals surface area (Å²) in [5.74, 6) is 1.70. The molecular formula is C18H27N. The van der Waals surface area contributed by atoms with Crippen molar-refractivity contribution >= 4 is 5.69 Å². The van der Waals surface area contributed by atoms with E-state index >= 15 is 0 Å². The van der Waals surface area contributed by atoms with Crippen LogP contribution in [0.25, 0.3) is 0 Å². The third-order valence-electron chi connectivity index (χ3n) is 5.12. The highest BCUT2D eigenvalue weighted by atomic mass is 15.0. The van der Waals surface area contributed by atoms with Gasteiger partial charge in [0.15, 0.2) is 0 Å². The number of unbranched alkanes of at least 4 members (excludes halogenated alkanes) is 1. The molecule has 19 heavy (non-hydrogen) atoms. The second kappa shape index (κ2) is 5.98. The molecule has 1 heteroatoms. The van der Waals surface area contributed by atoms with Gasteiger partial charge in [-0.2, -0.15) is 0 Å². The molecule has 3 rings (SSSR count). The highest BCUT2D eigenvalue weighted by molar-refractivity contribution is 5.59. The fraction of sp³-hybridized carbons (Fsp3) is 0.667. The monoisotopic (exact) mass is 257 g/mol. The summed E-state index contributed by atoms with van der Waals surface area (Å²) < 4.78 is 0. The number of hydrogen-bond acceptors (Lipinski definition) is 1. The maximum absolute atomic E-state index is 3.82. The van der Waals surface area contributed by atoms with Gasteiger partial charge in [0.05, 0.1) is 0 Å². The molecule has 2 atom stereocenters. The smallest absolute Gasteiger partial charge is 0.0378 e. The lowest BCUT2D eigenvalue weighted by Gasteiger charge is -2.32. The van der Waals surface area contributed by atoms with Gasteiger partial charge in [-0.25, -0.2) is 0 Å². The van der Waals surface area contributed by atoms with Gasteiger partial charge in [-0.15, -0.1) is 0 Å². The van der Waals surface area contributed by atoms with Gasteiger partial charge in [-0.05, 0) is 36.8 Å². The van der Waals surface area contributed by atoms with Gasteiger partial charge in [0.25, 0.3) is 0 Å². The number of hydrogen-bond donors (Lipinski definition) is 1. The minimum atomic E-state index is 0.695. The van der Waals surface area contributed by atoms with E-state index in [9.17, 15) is 0 Å². The van der Waals surface area contributed by atoms with Crippen LogP contribution in [0.5, 0.6) is 0 Å². The van der Waals surface area contributed by atoms with Crippen LogP contribution in [-0.2, 0) is 0 Å². The van der Waals surface area contributed by atoms with Crippen molar-refractivity contribution in [2.75, 3.05) is 5.32 Å². The molecule has 1 aromatic rings. The van der Waals surface area contributed by atoms with Gasteiger partial charge in [0.1, 0.15) is 0 Å². The largest absolute Gasteiger partial charge is 0.381 e. The molecule has 1 aromatic carbocycles. The fourth-order valence-electron chi connectivity index (χ4n) is 4.18. The summed E-state index contributed by atoms with van der Waals surface area (Å²) in [7, 11) is 0. The summed E-state index contributed by atoms with van der Waals surface area (Å²) in [5.41, 5.74) is 3.02. The average molecular weight is 257 g/mol. The predicted molar refractivity (Wildman–Crippen MR) is 82.7 cm³/mol. The van der Waals surface area contributed by atoms with E-state index in [1.54, 1.807) is 5.56 Å². The third-order valence-corrected chi connectivity index (χ3v) is 5.12. The first-order valence-electron chi connectivity index (χ1n) is 8.25. The quantitative estimate of drug-likeness (QED) is 0.768. The molecule has 1 nitrogen and oxygen atoms in total. The lowest BCUT2D eigenvalue weighted by Crippen LogP contribution is -2.27. The molecule has 0 saturated heterocycles. The van der Waals surface area contributed by atoms with Crippen molar-refractivity contribution in [2.24, 2.45) is 5.92 Å². The maximum Gasteiger partial charge on any atom is 0.0378 e. The standard InChI is InChI=1S/C18H27N/c1-2-3-12-17-18(14-9-5-4-6-10-14)15-11-7-8-13-16(15)19-17/h7-8,11,13-14,17-19H,2-6,9-10,12H2,1H3/t17-,18-/m1/s1. The van der Waals surface area contributed by atoms with Crippen molar-refractivity contribution in [1.29, 1.82) is 0 Å². The summed E-state index contributed by atoms with van der Waals surface area (Å²) in [6.45, 7) is 2.30. The van der Waals surface area contributed by atoms with E-state index in [2.05, 4.69) is 36.5 Å². The van der Waals surface area contributed by atoms with E-state index in [1.807, 2.05) is 0 Å². The second-order valence-electron chi connectivity index (χ2n) is 6.40. The van der Waals surface area contributed by atoms with Crippen molar-refractivity contribution in [3.8, 4) is 0 Å². The summed E-state index contributed by atoms with van der Waals surface area (Å²) in [6, 6.07) is 9.73. The molecule has 1 N–H and O–H groups in total. The third kappa shape index (κ3) is 2.66. The molecule has 0 bridgehead atoms. The highest BCUT2D eigenvalue weighted by Gasteiger charge is 2.37.